The number of piperidine rings is 1. The Morgan fingerprint density at radius 3 is 2.75 bits per heavy atom. The Morgan fingerprint density at radius 1 is 1.38 bits per heavy atom. The minimum atomic E-state index is -0.294. The van der Waals surface area contributed by atoms with Gasteiger partial charge in [0.25, 0.3) is 0 Å². The van der Waals surface area contributed by atoms with Gasteiger partial charge in [-0.15, -0.1) is 0 Å². The molecule has 1 saturated heterocycles. The zero-order valence-corrected chi connectivity index (χ0v) is 9.00. The van der Waals surface area contributed by atoms with Crippen LogP contribution in [-0.2, 0) is 4.79 Å². The highest BCUT2D eigenvalue weighted by atomic mass is 19.1. The lowest BCUT2D eigenvalue weighted by Crippen LogP contribution is -2.37. The Bertz CT molecular complexity index is 358. The van der Waals surface area contributed by atoms with E-state index in [0.29, 0.717) is 5.69 Å². The molecule has 86 valence electrons. The fourth-order valence-corrected chi connectivity index (χ4v) is 1.85. The fourth-order valence-electron chi connectivity index (χ4n) is 1.85. The van der Waals surface area contributed by atoms with Gasteiger partial charge in [-0.2, -0.15) is 0 Å². The molecular formula is C12H15FN2O. The summed E-state index contributed by atoms with van der Waals surface area (Å²) in [6, 6.07) is 5.83. The van der Waals surface area contributed by atoms with Gasteiger partial charge in [0.1, 0.15) is 5.82 Å². The number of benzene rings is 1. The van der Waals surface area contributed by atoms with Crippen molar-refractivity contribution in [3.05, 3.63) is 30.1 Å². The minimum Gasteiger partial charge on any atom is -0.326 e. The smallest absolute Gasteiger partial charge is 0.228 e. The van der Waals surface area contributed by atoms with Crippen LogP contribution in [0.1, 0.15) is 12.8 Å². The third-order valence-electron chi connectivity index (χ3n) is 2.78. The predicted molar refractivity (Wildman–Crippen MR) is 60.6 cm³/mol. The summed E-state index contributed by atoms with van der Waals surface area (Å²) in [6.07, 6.45) is 1.95. The molecule has 0 spiro atoms. The maximum absolute atomic E-state index is 12.7. The van der Waals surface area contributed by atoms with E-state index >= 15 is 0 Å². The molecule has 1 aromatic carbocycles. The second kappa shape index (κ2) is 5.07. The van der Waals surface area contributed by atoms with Crippen molar-refractivity contribution in [3.63, 3.8) is 0 Å². The average molecular weight is 222 g/mol. The predicted octanol–water partition coefficient (Wildman–Crippen LogP) is 1.76. The lowest BCUT2D eigenvalue weighted by molar-refractivity contribution is -0.120. The first-order chi connectivity index (χ1) is 7.75. The first kappa shape index (κ1) is 11.1. The molecule has 1 aliphatic rings. The van der Waals surface area contributed by atoms with Crippen LogP contribution in [0.15, 0.2) is 24.3 Å². The lowest BCUT2D eigenvalue weighted by atomic mass is 9.99. The average Bonchev–Trinajstić information content (AvgIpc) is 2.33. The molecule has 1 atom stereocenters. The Morgan fingerprint density at radius 2 is 2.12 bits per heavy atom. The molecule has 0 unspecified atom stereocenters. The molecule has 1 heterocycles. The number of hydrogen-bond donors (Lipinski definition) is 2. The van der Waals surface area contributed by atoms with Gasteiger partial charge < -0.3 is 10.6 Å². The van der Waals surface area contributed by atoms with Gasteiger partial charge in [0.15, 0.2) is 0 Å². The first-order valence-electron chi connectivity index (χ1n) is 5.53. The third kappa shape index (κ3) is 2.79. The van der Waals surface area contributed by atoms with E-state index in [1.807, 2.05) is 0 Å². The number of carbonyl (C=O) groups excluding carboxylic acids is 1. The van der Waals surface area contributed by atoms with E-state index < -0.39 is 0 Å². The highest BCUT2D eigenvalue weighted by Crippen LogP contribution is 2.14. The second-order valence-electron chi connectivity index (χ2n) is 4.04. The van der Waals surface area contributed by atoms with Gasteiger partial charge in [-0.1, -0.05) is 0 Å². The molecule has 0 radical (unpaired) electrons. The van der Waals surface area contributed by atoms with Gasteiger partial charge in [0, 0.05) is 12.2 Å². The summed E-state index contributed by atoms with van der Waals surface area (Å²) in [4.78, 5) is 11.8. The Kier molecular flexibility index (Phi) is 3.51. The van der Waals surface area contributed by atoms with Crippen LogP contribution >= 0.6 is 0 Å². The molecule has 1 aromatic rings. The van der Waals surface area contributed by atoms with Crippen LogP contribution in [0.25, 0.3) is 0 Å². The molecule has 1 fully saturated rings. The van der Waals surface area contributed by atoms with Crippen LogP contribution in [0, 0.1) is 11.7 Å². The molecule has 0 aliphatic carbocycles. The number of rotatable bonds is 2. The maximum Gasteiger partial charge on any atom is 0.228 e. The van der Waals surface area contributed by atoms with Gasteiger partial charge in [-0.05, 0) is 43.7 Å². The van der Waals surface area contributed by atoms with Gasteiger partial charge in [0.2, 0.25) is 5.91 Å². The Hall–Kier alpha value is -1.42. The summed E-state index contributed by atoms with van der Waals surface area (Å²) >= 11 is 0. The van der Waals surface area contributed by atoms with Crippen LogP contribution in [0.4, 0.5) is 10.1 Å². The van der Waals surface area contributed by atoms with Gasteiger partial charge in [-0.25, -0.2) is 4.39 Å². The summed E-state index contributed by atoms with van der Waals surface area (Å²) in [5.74, 6) is -0.255. The van der Waals surface area contributed by atoms with E-state index in [2.05, 4.69) is 10.6 Å². The van der Waals surface area contributed by atoms with Crippen LogP contribution in [0.3, 0.4) is 0 Å². The first-order valence-corrected chi connectivity index (χ1v) is 5.53. The molecule has 1 amide bonds. The number of nitrogens with one attached hydrogen (secondary N) is 2. The fraction of sp³-hybridized carbons (Fsp3) is 0.417. The van der Waals surface area contributed by atoms with Gasteiger partial charge >= 0.3 is 0 Å². The molecule has 0 saturated carbocycles. The number of hydrogen-bond acceptors (Lipinski definition) is 2. The summed E-state index contributed by atoms with van der Waals surface area (Å²) in [5.41, 5.74) is 0.650. The van der Waals surface area contributed by atoms with Crippen molar-refractivity contribution < 1.29 is 9.18 Å². The molecule has 1 aliphatic heterocycles. The van der Waals surface area contributed by atoms with Crippen LogP contribution < -0.4 is 10.6 Å². The summed E-state index contributed by atoms with van der Waals surface area (Å²) in [6.45, 7) is 1.72. The number of amides is 1. The van der Waals surface area contributed by atoms with E-state index in [1.165, 1.54) is 12.1 Å². The summed E-state index contributed by atoms with van der Waals surface area (Å²) in [5, 5.41) is 5.98. The van der Waals surface area contributed by atoms with Crippen molar-refractivity contribution in [2.45, 2.75) is 12.8 Å². The van der Waals surface area contributed by atoms with Crippen molar-refractivity contribution in [3.8, 4) is 0 Å². The molecule has 2 N–H and O–H groups in total. The SMILES string of the molecule is O=C(Nc1ccc(F)cc1)[C@H]1CCCNC1. The highest BCUT2D eigenvalue weighted by Gasteiger charge is 2.20. The quantitative estimate of drug-likeness (QED) is 0.800. The zero-order chi connectivity index (χ0) is 11.4. The maximum atomic E-state index is 12.7. The Labute approximate surface area is 94.0 Å². The number of halogens is 1. The molecule has 0 aromatic heterocycles. The monoisotopic (exact) mass is 222 g/mol. The molecule has 4 heteroatoms. The second-order valence-corrected chi connectivity index (χ2v) is 4.04. The van der Waals surface area contributed by atoms with E-state index in [4.69, 9.17) is 0 Å². The van der Waals surface area contributed by atoms with E-state index in [9.17, 15) is 9.18 Å². The lowest BCUT2D eigenvalue weighted by Gasteiger charge is -2.21. The van der Waals surface area contributed by atoms with Crippen molar-refractivity contribution in [1.82, 2.24) is 5.32 Å². The molecule has 0 bridgehead atoms. The summed E-state index contributed by atoms with van der Waals surface area (Å²) in [7, 11) is 0. The largest absolute Gasteiger partial charge is 0.326 e. The van der Waals surface area contributed by atoms with Crippen LogP contribution in [0.2, 0.25) is 0 Å². The Balaban J connectivity index is 1.93. The van der Waals surface area contributed by atoms with Crippen molar-refractivity contribution >= 4 is 11.6 Å². The highest BCUT2D eigenvalue weighted by molar-refractivity contribution is 5.92. The summed E-state index contributed by atoms with van der Waals surface area (Å²) < 4.78 is 12.7. The van der Waals surface area contributed by atoms with Crippen molar-refractivity contribution in [2.24, 2.45) is 5.92 Å². The number of carbonyl (C=O) groups is 1. The molecule has 3 nitrogen and oxygen atoms in total. The van der Waals surface area contributed by atoms with E-state index in [1.54, 1.807) is 12.1 Å². The van der Waals surface area contributed by atoms with Crippen LogP contribution in [0.5, 0.6) is 0 Å². The standard InChI is InChI=1S/C12H15FN2O/c13-10-3-5-11(6-4-10)15-12(16)9-2-1-7-14-8-9/h3-6,9,14H,1-2,7-8H2,(H,15,16)/t9-/m0/s1. The normalized spacial score (nSPS) is 20.4. The van der Waals surface area contributed by atoms with Crippen molar-refractivity contribution in [1.29, 1.82) is 0 Å². The van der Waals surface area contributed by atoms with E-state index in [0.717, 1.165) is 25.9 Å². The van der Waals surface area contributed by atoms with Crippen molar-refractivity contribution in [2.75, 3.05) is 18.4 Å². The number of anilines is 1. The topological polar surface area (TPSA) is 41.1 Å². The van der Waals surface area contributed by atoms with Gasteiger partial charge in [0.05, 0.1) is 5.92 Å². The molecule has 16 heavy (non-hydrogen) atoms. The minimum absolute atomic E-state index is 0.0128. The van der Waals surface area contributed by atoms with E-state index in [-0.39, 0.29) is 17.6 Å². The molecular weight excluding hydrogens is 207 g/mol. The molecule has 2 rings (SSSR count). The van der Waals surface area contributed by atoms with Crippen LogP contribution in [-0.4, -0.2) is 19.0 Å². The zero-order valence-electron chi connectivity index (χ0n) is 9.00. The van der Waals surface area contributed by atoms with Gasteiger partial charge in [-0.3, -0.25) is 4.79 Å². The third-order valence-corrected chi connectivity index (χ3v) is 2.78.